The molecule has 28 heavy (non-hydrogen) atoms. The molecule has 0 atom stereocenters. The summed E-state index contributed by atoms with van der Waals surface area (Å²) >= 11 is 1.21. The maximum Gasteiger partial charge on any atom is 0.360 e. The fraction of sp³-hybridized carbons (Fsp3) is 0.333. The molecule has 0 fully saturated rings. The third-order valence-electron chi connectivity index (χ3n) is 3.40. The van der Waals surface area contributed by atoms with E-state index in [2.05, 4.69) is 15.3 Å². The van der Waals surface area contributed by atoms with Crippen LogP contribution in [0.2, 0.25) is 0 Å². The number of thioether (sulfide) groups is 1. The molecule has 1 amide bonds. The molecule has 0 saturated heterocycles. The normalized spacial score (nSPS) is 11.3. The molecule has 2 aromatic rings. The molecule has 0 saturated carbocycles. The lowest BCUT2D eigenvalue weighted by Gasteiger charge is -2.10. The minimum absolute atomic E-state index is 0.00922. The zero-order valence-corrected chi connectivity index (χ0v) is 16.4. The predicted molar refractivity (Wildman–Crippen MR) is 106 cm³/mol. The molecule has 1 aromatic heterocycles. The van der Waals surface area contributed by atoms with Crippen LogP contribution in [-0.4, -0.2) is 57.8 Å². The molecule has 1 heterocycles. The van der Waals surface area contributed by atoms with Crippen LogP contribution in [0, 0.1) is 0 Å². The molecule has 0 radical (unpaired) electrons. The van der Waals surface area contributed by atoms with E-state index in [0.717, 1.165) is 0 Å². The largest absolute Gasteiger partial charge is 0.461 e. The summed E-state index contributed by atoms with van der Waals surface area (Å²) in [5, 5.41) is 11.9. The summed E-state index contributed by atoms with van der Waals surface area (Å²) in [6, 6.07) is 8.71. The van der Waals surface area contributed by atoms with Crippen molar-refractivity contribution in [3.05, 3.63) is 47.9 Å². The number of ether oxygens (including phenoxy) is 2. The first kappa shape index (κ1) is 21.6. The van der Waals surface area contributed by atoms with E-state index in [1.165, 1.54) is 22.7 Å². The van der Waals surface area contributed by atoms with Crippen LogP contribution in [-0.2, 0) is 16.2 Å². The number of nitrogens with zero attached hydrogens (tertiary/aromatic N) is 3. The predicted octanol–water partition coefficient (Wildman–Crippen LogP) is 1.81. The SMILES string of the molecule is CCOC(=O)c1ncn(COCCO)c1/N=C(/NC(=O)c1ccccc1)SC. The summed E-state index contributed by atoms with van der Waals surface area (Å²) < 4.78 is 11.8. The van der Waals surface area contributed by atoms with Crippen molar-refractivity contribution in [1.29, 1.82) is 0 Å². The Balaban J connectivity index is 2.30. The van der Waals surface area contributed by atoms with Gasteiger partial charge < -0.3 is 19.9 Å². The molecule has 2 rings (SSSR count). The second kappa shape index (κ2) is 11.2. The van der Waals surface area contributed by atoms with Gasteiger partial charge in [0, 0.05) is 5.56 Å². The highest BCUT2D eigenvalue weighted by Gasteiger charge is 2.20. The van der Waals surface area contributed by atoms with Gasteiger partial charge in [0.2, 0.25) is 0 Å². The highest BCUT2D eigenvalue weighted by atomic mass is 32.2. The van der Waals surface area contributed by atoms with Crippen molar-refractivity contribution in [2.45, 2.75) is 13.7 Å². The molecule has 0 aliphatic rings. The van der Waals surface area contributed by atoms with Crippen LogP contribution < -0.4 is 5.32 Å². The standard InChI is InChI=1S/C18H22N4O5S/c1-3-27-17(25)14-15(22(11-19-14)12-26-10-9-23)20-18(28-2)21-16(24)13-7-5-4-6-8-13/h4-8,11,23H,3,9-10,12H2,1-2H3,(H,20,21,24). The van der Waals surface area contributed by atoms with Gasteiger partial charge in [-0.2, -0.15) is 0 Å². The van der Waals surface area contributed by atoms with Crippen LogP contribution in [0.4, 0.5) is 5.82 Å². The monoisotopic (exact) mass is 406 g/mol. The number of hydrogen-bond donors (Lipinski definition) is 2. The van der Waals surface area contributed by atoms with Crippen molar-refractivity contribution in [3.8, 4) is 0 Å². The Morgan fingerprint density at radius 2 is 2.07 bits per heavy atom. The molecule has 9 nitrogen and oxygen atoms in total. The van der Waals surface area contributed by atoms with Crippen molar-refractivity contribution >= 4 is 34.6 Å². The van der Waals surface area contributed by atoms with Gasteiger partial charge in [-0.1, -0.05) is 30.0 Å². The Morgan fingerprint density at radius 3 is 2.71 bits per heavy atom. The van der Waals surface area contributed by atoms with Gasteiger partial charge >= 0.3 is 5.97 Å². The number of amidine groups is 1. The number of carbonyl (C=O) groups excluding carboxylic acids is 2. The lowest BCUT2D eigenvalue weighted by Crippen LogP contribution is -2.28. The van der Waals surface area contributed by atoms with E-state index < -0.39 is 5.97 Å². The van der Waals surface area contributed by atoms with Gasteiger partial charge in [-0.05, 0) is 25.3 Å². The number of imidazole rings is 1. The Hall–Kier alpha value is -2.69. The molecule has 0 spiro atoms. The number of rotatable bonds is 8. The van der Waals surface area contributed by atoms with Crippen LogP contribution in [0.1, 0.15) is 27.8 Å². The molecule has 0 aliphatic carbocycles. The first-order valence-corrected chi connectivity index (χ1v) is 9.73. The second-order valence-electron chi connectivity index (χ2n) is 5.31. The Morgan fingerprint density at radius 1 is 1.32 bits per heavy atom. The molecule has 0 unspecified atom stereocenters. The maximum absolute atomic E-state index is 12.4. The number of carbonyl (C=O) groups is 2. The van der Waals surface area contributed by atoms with Gasteiger partial charge in [-0.3, -0.25) is 9.36 Å². The Kier molecular flexibility index (Phi) is 8.66. The maximum atomic E-state index is 12.4. The minimum atomic E-state index is -0.628. The average molecular weight is 406 g/mol. The minimum Gasteiger partial charge on any atom is -0.461 e. The smallest absolute Gasteiger partial charge is 0.360 e. The van der Waals surface area contributed by atoms with E-state index in [4.69, 9.17) is 14.6 Å². The summed E-state index contributed by atoms with van der Waals surface area (Å²) in [6.45, 7) is 1.89. The fourth-order valence-electron chi connectivity index (χ4n) is 2.14. The zero-order chi connectivity index (χ0) is 20.4. The summed E-state index contributed by atoms with van der Waals surface area (Å²) in [7, 11) is 0. The number of aliphatic imine (C=N–C) groups is 1. The summed E-state index contributed by atoms with van der Waals surface area (Å²) in [6.07, 6.45) is 3.14. The number of aliphatic hydroxyl groups is 1. The van der Waals surface area contributed by atoms with Crippen molar-refractivity contribution in [2.75, 3.05) is 26.1 Å². The molecule has 2 N–H and O–H groups in total. The van der Waals surface area contributed by atoms with Crippen molar-refractivity contribution in [3.63, 3.8) is 0 Å². The van der Waals surface area contributed by atoms with Crippen LogP contribution in [0.5, 0.6) is 0 Å². The summed E-state index contributed by atoms with van der Waals surface area (Å²) in [5.41, 5.74) is 0.490. The highest BCUT2D eigenvalue weighted by molar-refractivity contribution is 8.13. The highest BCUT2D eigenvalue weighted by Crippen LogP contribution is 2.21. The number of benzene rings is 1. The average Bonchev–Trinajstić information content (AvgIpc) is 3.11. The van der Waals surface area contributed by atoms with E-state index in [1.807, 2.05) is 6.07 Å². The molecular formula is C18H22N4O5S. The van der Waals surface area contributed by atoms with Gasteiger partial charge in [0.1, 0.15) is 6.73 Å². The van der Waals surface area contributed by atoms with Crippen molar-refractivity contribution in [1.82, 2.24) is 14.9 Å². The number of aliphatic hydroxyl groups excluding tert-OH is 1. The Labute approximate surface area is 166 Å². The van der Waals surface area contributed by atoms with Gasteiger partial charge in [-0.25, -0.2) is 14.8 Å². The van der Waals surface area contributed by atoms with Gasteiger partial charge in [-0.15, -0.1) is 0 Å². The van der Waals surface area contributed by atoms with E-state index in [0.29, 0.717) is 5.56 Å². The molecule has 10 heteroatoms. The lowest BCUT2D eigenvalue weighted by molar-refractivity contribution is 0.0483. The van der Waals surface area contributed by atoms with Crippen LogP contribution >= 0.6 is 11.8 Å². The van der Waals surface area contributed by atoms with E-state index in [-0.39, 0.29) is 49.1 Å². The fourth-order valence-corrected chi connectivity index (χ4v) is 2.51. The van der Waals surface area contributed by atoms with E-state index in [1.54, 1.807) is 37.4 Å². The molecule has 0 aliphatic heterocycles. The second-order valence-corrected chi connectivity index (χ2v) is 6.10. The van der Waals surface area contributed by atoms with E-state index in [9.17, 15) is 9.59 Å². The van der Waals surface area contributed by atoms with E-state index >= 15 is 0 Å². The van der Waals surface area contributed by atoms with Crippen molar-refractivity contribution in [2.24, 2.45) is 4.99 Å². The van der Waals surface area contributed by atoms with Gasteiger partial charge in [0.15, 0.2) is 16.7 Å². The molecule has 1 aromatic carbocycles. The molecule has 150 valence electrons. The van der Waals surface area contributed by atoms with Crippen LogP contribution in [0.25, 0.3) is 0 Å². The summed E-state index contributed by atoms with van der Waals surface area (Å²) in [5.74, 6) is -0.764. The van der Waals surface area contributed by atoms with Crippen molar-refractivity contribution < 1.29 is 24.2 Å². The first-order chi connectivity index (χ1) is 13.6. The number of esters is 1. The summed E-state index contributed by atoms with van der Waals surface area (Å²) in [4.78, 5) is 33.0. The lowest BCUT2D eigenvalue weighted by atomic mass is 10.2. The first-order valence-electron chi connectivity index (χ1n) is 8.50. The quantitative estimate of drug-likeness (QED) is 0.297. The number of amides is 1. The Bertz CT molecular complexity index is 823. The third kappa shape index (κ3) is 5.91. The van der Waals surface area contributed by atoms with Crippen LogP contribution in [0.15, 0.2) is 41.7 Å². The third-order valence-corrected chi connectivity index (χ3v) is 3.98. The molecule has 0 bridgehead atoms. The van der Waals surface area contributed by atoms with Gasteiger partial charge in [0.25, 0.3) is 5.91 Å². The molecular weight excluding hydrogens is 384 g/mol. The van der Waals surface area contributed by atoms with Crippen LogP contribution in [0.3, 0.4) is 0 Å². The van der Waals surface area contributed by atoms with Gasteiger partial charge in [0.05, 0.1) is 26.1 Å². The number of hydrogen-bond acceptors (Lipinski definition) is 8. The topological polar surface area (TPSA) is 115 Å². The number of aromatic nitrogens is 2. The zero-order valence-electron chi connectivity index (χ0n) is 15.6. The number of nitrogens with one attached hydrogen (secondary N) is 1.